The summed E-state index contributed by atoms with van der Waals surface area (Å²) in [5.74, 6) is 0. The molecule has 0 aromatic heterocycles. The minimum Gasteiger partial charge on any atom is -0.302 e. The van der Waals surface area contributed by atoms with Crippen molar-refractivity contribution in [1.82, 2.24) is 5.06 Å². The summed E-state index contributed by atoms with van der Waals surface area (Å²) in [6, 6.07) is 0. The number of nitrogens with zero attached hydrogens (tertiary/aromatic N) is 1. The van der Waals surface area contributed by atoms with Crippen LogP contribution in [-0.4, -0.2) is 25.3 Å². The van der Waals surface area contributed by atoms with Crippen LogP contribution in [0.3, 0.4) is 0 Å². The third kappa shape index (κ3) is 10.4. The molecule has 0 aliphatic heterocycles. The zero-order valence-corrected chi connectivity index (χ0v) is 11.6. The van der Waals surface area contributed by atoms with Crippen molar-refractivity contribution in [2.75, 3.05) is 20.2 Å². The molecule has 0 aliphatic carbocycles. The van der Waals surface area contributed by atoms with E-state index in [1.54, 1.807) is 7.11 Å². The molecule has 0 amide bonds. The van der Waals surface area contributed by atoms with E-state index in [-0.39, 0.29) is 0 Å². The van der Waals surface area contributed by atoms with Crippen LogP contribution in [0, 0.1) is 0 Å². The molecule has 2 heteroatoms. The standard InChI is InChI=1S/C14H31NO/c1-4-6-8-9-10-11-12-14-15(16-3)13-7-5-2/h4-14H2,1-3H3. The van der Waals surface area contributed by atoms with Crippen LogP contribution in [0.25, 0.3) is 0 Å². The van der Waals surface area contributed by atoms with E-state index in [2.05, 4.69) is 18.9 Å². The summed E-state index contributed by atoms with van der Waals surface area (Å²) in [4.78, 5) is 5.33. The van der Waals surface area contributed by atoms with Gasteiger partial charge in [0, 0.05) is 13.1 Å². The van der Waals surface area contributed by atoms with Gasteiger partial charge in [0.2, 0.25) is 0 Å². The molecule has 0 aliphatic rings. The molecule has 16 heavy (non-hydrogen) atoms. The van der Waals surface area contributed by atoms with Crippen molar-refractivity contribution >= 4 is 0 Å². The number of hydrogen-bond acceptors (Lipinski definition) is 2. The fraction of sp³-hybridized carbons (Fsp3) is 1.00. The van der Waals surface area contributed by atoms with Crippen molar-refractivity contribution in [3.05, 3.63) is 0 Å². The summed E-state index contributed by atoms with van der Waals surface area (Å²) >= 11 is 0. The van der Waals surface area contributed by atoms with Gasteiger partial charge >= 0.3 is 0 Å². The molecule has 0 unspecified atom stereocenters. The number of hydrogen-bond donors (Lipinski definition) is 0. The summed E-state index contributed by atoms with van der Waals surface area (Å²) in [5.41, 5.74) is 0. The normalized spacial score (nSPS) is 11.2. The lowest BCUT2D eigenvalue weighted by molar-refractivity contribution is -0.132. The minimum atomic E-state index is 1.09. The quantitative estimate of drug-likeness (QED) is 0.363. The Bertz CT molecular complexity index is 128. The maximum atomic E-state index is 5.33. The highest BCUT2D eigenvalue weighted by atomic mass is 16.7. The third-order valence-electron chi connectivity index (χ3n) is 3.03. The van der Waals surface area contributed by atoms with E-state index < -0.39 is 0 Å². The molecule has 0 bridgehead atoms. The molecule has 2 nitrogen and oxygen atoms in total. The first-order chi connectivity index (χ1) is 7.85. The zero-order chi connectivity index (χ0) is 12.1. The van der Waals surface area contributed by atoms with Crippen molar-refractivity contribution in [2.45, 2.75) is 71.6 Å². The second kappa shape index (κ2) is 13.0. The summed E-state index contributed by atoms with van der Waals surface area (Å²) in [5, 5.41) is 2.11. The Balaban J connectivity index is 3.20. The fourth-order valence-electron chi connectivity index (χ4n) is 1.87. The van der Waals surface area contributed by atoms with Gasteiger partial charge in [0.1, 0.15) is 0 Å². The molecular formula is C14H31NO. The molecule has 0 saturated carbocycles. The Labute approximate surface area is 102 Å². The smallest absolute Gasteiger partial charge is 0.0575 e. The second-order valence-electron chi connectivity index (χ2n) is 4.59. The van der Waals surface area contributed by atoms with Crippen LogP contribution in [0.5, 0.6) is 0 Å². The van der Waals surface area contributed by atoms with Gasteiger partial charge in [0.05, 0.1) is 7.11 Å². The van der Waals surface area contributed by atoms with Gasteiger partial charge in [-0.2, -0.15) is 5.06 Å². The molecule has 0 heterocycles. The molecule has 0 rings (SSSR count). The maximum Gasteiger partial charge on any atom is 0.0575 e. The van der Waals surface area contributed by atoms with Gasteiger partial charge in [-0.25, -0.2) is 0 Å². The monoisotopic (exact) mass is 229 g/mol. The molecule has 0 atom stereocenters. The van der Waals surface area contributed by atoms with Gasteiger partial charge in [-0.1, -0.05) is 58.8 Å². The highest BCUT2D eigenvalue weighted by molar-refractivity contribution is 4.50. The first-order valence-electron chi connectivity index (χ1n) is 7.14. The predicted molar refractivity (Wildman–Crippen MR) is 71.5 cm³/mol. The van der Waals surface area contributed by atoms with Crippen LogP contribution in [-0.2, 0) is 4.84 Å². The van der Waals surface area contributed by atoms with Gasteiger partial charge < -0.3 is 4.84 Å². The SMILES string of the molecule is CCCCCCCCCN(CCCC)OC. The van der Waals surface area contributed by atoms with Crippen LogP contribution in [0.2, 0.25) is 0 Å². The van der Waals surface area contributed by atoms with E-state index in [0.717, 1.165) is 13.1 Å². The molecule has 0 aromatic carbocycles. The summed E-state index contributed by atoms with van der Waals surface area (Å²) in [6.07, 6.45) is 12.1. The lowest BCUT2D eigenvalue weighted by Crippen LogP contribution is -2.24. The largest absolute Gasteiger partial charge is 0.302 e. The lowest BCUT2D eigenvalue weighted by Gasteiger charge is -2.18. The second-order valence-corrected chi connectivity index (χ2v) is 4.59. The molecule has 0 fully saturated rings. The topological polar surface area (TPSA) is 12.5 Å². The highest BCUT2D eigenvalue weighted by Gasteiger charge is 2.01. The Hall–Kier alpha value is -0.0800. The van der Waals surface area contributed by atoms with Crippen molar-refractivity contribution < 1.29 is 4.84 Å². The average molecular weight is 229 g/mol. The third-order valence-corrected chi connectivity index (χ3v) is 3.03. The van der Waals surface area contributed by atoms with E-state index >= 15 is 0 Å². The Morgan fingerprint density at radius 2 is 1.19 bits per heavy atom. The van der Waals surface area contributed by atoms with E-state index in [9.17, 15) is 0 Å². The Morgan fingerprint density at radius 3 is 1.75 bits per heavy atom. The first kappa shape index (κ1) is 15.9. The molecule has 0 N–H and O–H groups in total. The van der Waals surface area contributed by atoms with Crippen LogP contribution in [0.1, 0.15) is 71.6 Å². The Morgan fingerprint density at radius 1 is 0.688 bits per heavy atom. The van der Waals surface area contributed by atoms with Gasteiger partial charge in [-0.05, 0) is 12.8 Å². The maximum absolute atomic E-state index is 5.33. The van der Waals surface area contributed by atoms with Gasteiger partial charge in [-0.3, -0.25) is 0 Å². The minimum absolute atomic E-state index is 1.09. The summed E-state index contributed by atoms with van der Waals surface area (Å²) < 4.78 is 0. The van der Waals surface area contributed by atoms with Gasteiger partial charge in [0.25, 0.3) is 0 Å². The number of hydroxylamine groups is 2. The molecule has 0 spiro atoms. The molecular weight excluding hydrogens is 198 g/mol. The molecule has 98 valence electrons. The average Bonchev–Trinajstić information content (AvgIpc) is 2.32. The van der Waals surface area contributed by atoms with Crippen LogP contribution in [0.15, 0.2) is 0 Å². The van der Waals surface area contributed by atoms with Gasteiger partial charge in [-0.15, -0.1) is 0 Å². The first-order valence-corrected chi connectivity index (χ1v) is 7.14. The van der Waals surface area contributed by atoms with E-state index in [1.807, 2.05) is 0 Å². The zero-order valence-electron chi connectivity index (χ0n) is 11.6. The van der Waals surface area contributed by atoms with Crippen LogP contribution < -0.4 is 0 Å². The molecule has 0 aromatic rings. The Kier molecular flexibility index (Phi) is 12.9. The molecule has 0 radical (unpaired) electrons. The van der Waals surface area contributed by atoms with E-state index in [1.165, 1.54) is 57.8 Å². The van der Waals surface area contributed by atoms with Crippen LogP contribution >= 0.6 is 0 Å². The summed E-state index contributed by atoms with van der Waals surface area (Å²) in [7, 11) is 1.79. The number of unbranched alkanes of at least 4 members (excludes halogenated alkanes) is 7. The summed E-state index contributed by atoms with van der Waals surface area (Å²) in [6.45, 7) is 6.68. The number of rotatable bonds is 12. The van der Waals surface area contributed by atoms with E-state index in [0.29, 0.717) is 0 Å². The highest BCUT2D eigenvalue weighted by Crippen LogP contribution is 2.07. The van der Waals surface area contributed by atoms with Crippen molar-refractivity contribution in [1.29, 1.82) is 0 Å². The van der Waals surface area contributed by atoms with Gasteiger partial charge in [0.15, 0.2) is 0 Å². The van der Waals surface area contributed by atoms with Crippen LogP contribution in [0.4, 0.5) is 0 Å². The lowest BCUT2D eigenvalue weighted by atomic mass is 10.1. The van der Waals surface area contributed by atoms with Crippen molar-refractivity contribution in [3.8, 4) is 0 Å². The fourth-order valence-corrected chi connectivity index (χ4v) is 1.87. The molecule has 0 saturated heterocycles. The predicted octanol–water partition coefficient (Wildman–Crippen LogP) is 4.40. The van der Waals surface area contributed by atoms with E-state index in [4.69, 9.17) is 4.84 Å². The van der Waals surface area contributed by atoms with Crippen molar-refractivity contribution in [3.63, 3.8) is 0 Å². The van der Waals surface area contributed by atoms with Crippen molar-refractivity contribution in [2.24, 2.45) is 0 Å².